The smallest absolute Gasteiger partial charge is 0.220 e. The summed E-state index contributed by atoms with van der Waals surface area (Å²) in [6.07, 6.45) is 3.02. The average molecular weight is 196 g/mol. The Balaban J connectivity index is 2.15. The number of amides is 1. The Labute approximate surface area is 86.0 Å². The summed E-state index contributed by atoms with van der Waals surface area (Å²) in [5.74, 6) is 0.676. The van der Waals surface area contributed by atoms with Crippen LogP contribution in [0.5, 0.6) is 0 Å². The number of nitrogens with one attached hydrogen (secondary N) is 2. The highest BCUT2D eigenvalue weighted by atomic mass is 16.1. The number of rotatable bonds is 4. The first-order chi connectivity index (χ1) is 6.68. The van der Waals surface area contributed by atoms with E-state index in [1.54, 1.807) is 0 Å². The molecule has 0 saturated carbocycles. The zero-order valence-electron chi connectivity index (χ0n) is 8.94. The van der Waals surface area contributed by atoms with Gasteiger partial charge in [0.25, 0.3) is 0 Å². The SMILES string of the molecule is C=C(C)CNC(=O)CC1CCCNC1. The van der Waals surface area contributed by atoms with Gasteiger partial charge in [-0.15, -0.1) is 0 Å². The van der Waals surface area contributed by atoms with Crippen molar-refractivity contribution in [1.82, 2.24) is 10.6 Å². The summed E-state index contributed by atoms with van der Waals surface area (Å²) in [6, 6.07) is 0. The van der Waals surface area contributed by atoms with Crippen LogP contribution in [0.25, 0.3) is 0 Å². The molecule has 3 heteroatoms. The van der Waals surface area contributed by atoms with Gasteiger partial charge in [-0.1, -0.05) is 12.2 Å². The van der Waals surface area contributed by atoms with Gasteiger partial charge in [0.1, 0.15) is 0 Å². The van der Waals surface area contributed by atoms with Crippen molar-refractivity contribution in [3.8, 4) is 0 Å². The van der Waals surface area contributed by atoms with E-state index in [2.05, 4.69) is 17.2 Å². The molecule has 0 aromatic heterocycles. The van der Waals surface area contributed by atoms with Gasteiger partial charge >= 0.3 is 0 Å². The van der Waals surface area contributed by atoms with Crippen LogP contribution in [0.4, 0.5) is 0 Å². The number of carbonyl (C=O) groups excluding carboxylic acids is 1. The van der Waals surface area contributed by atoms with Crippen molar-refractivity contribution in [2.24, 2.45) is 5.92 Å². The fourth-order valence-electron chi connectivity index (χ4n) is 1.68. The predicted octanol–water partition coefficient (Wildman–Crippen LogP) is 1.07. The first-order valence-electron chi connectivity index (χ1n) is 5.30. The third kappa shape index (κ3) is 4.42. The van der Waals surface area contributed by atoms with Crippen molar-refractivity contribution >= 4 is 5.91 Å². The molecular weight excluding hydrogens is 176 g/mol. The van der Waals surface area contributed by atoms with E-state index in [0.717, 1.165) is 18.7 Å². The maximum absolute atomic E-state index is 11.4. The minimum Gasteiger partial charge on any atom is -0.352 e. The van der Waals surface area contributed by atoms with Crippen molar-refractivity contribution in [3.05, 3.63) is 12.2 Å². The quantitative estimate of drug-likeness (QED) is 0.660. The minimum absolute atomic E-state index is 0.154. The molecule has 1 atom stereocenters. The van der Waals surface area contributed by atoms with E-state index < -0.39 is 0 Å². The van der Waals surface area contributed by atoms with Crippen LogP contribution >= 0.6 is 0 Å². The highest BCUT2D eigenvalue weighted by Gasteiger charge is 2.16. The van der Waals surface area contributed by atoms with E-state index >= 15 is 0 Å². The number of hydrogen-bond acceptors (Lipinski definition) is 2. The molecule has 1 unspecified atom stereocenters. The Bertz CT molecular complexity index is 207. The summed E-state index contributed by atoms with van der Waals surface area (Å²) in [7, 11) is 0. The molecule has 1 saturated heterocycles. The van der Waals surface area contributed by atoms with Crippen LogP contribution in [0.3, 0.4) is 0 Å². The Hall–Kier alpha value is -0.830. The summed E-state index contributed by atoms with van der Waals surface area (Å²) in [4.78, 5) is 11.4. The normalized spacial score (nSPS) is 21.6. The van der Waals surface area contributed by atoms with Crippen molar-refractivity contribution in [3.63, 3.8) is 0 Å². The molecule has 1 aliphatic rings. The maximum atomic E-state index is 11.4. The number of piperidine rings is 1. The lowest BCUT2D eigenvalue weighted by Crippen LogP contribution is -2.34. The molecule has 1 heterocycles. The van der Waals surface area contributed by atoms with Crippen LogP contribution in [0, 0.1) is 5.92 Å². The standard InChI is InChI=1S/C11H20N2O/c1-9(2)7-13-11(14)6-10-4-3-5-12-8-10/h10,12H,1,3-8H2,2H3,(H,13,14). The van der Waals surface area contributed by atoms with E-state index in [4.69, 9.17) is 0 Å². The minimum atomic E-state index is 0.154. The second kappa shape index (κ2) is 5.81. The van der Waals surface area contributed by atoms with Crippen molar-refractivity contribution in [1.29, 1.82) is 0 Å². The van der Waals surface area contributed by atoms with Gasteiger partial charge in [-0.25, -0.2) is 0 Å². The molecule has 1 amide bonds. The van der Waals surface area contributed by atoms with Gasteiger partial charge in [0.05, 0.1) is 0 Å². The average Bonchev–Trinajstić information content (AvgIpc) is 2.16. The van der Waals surface area contributed by atoms with E-state index in [1.165, 1.54) is 12.8 Å². The van der Waals surface area contributed by atoms with Gasteiger partial charge in [-0.05, 0) is 38.8 Å². The summed E-state index contributed by atoms with van der Waals surface area (Å²) >= 11 is 0. The molecule has 0 bridgehead atoms. The highest BCUT2D eigenvalue weighted by molar-refractivity contribution is 5.76. The molecule has 14 heavy (non-hydrogen) atoms. The fourth-order valence-corrected chi connectivity index (χ4v) is 1.68. The predicted molar refractivity (Wildman–Crippen MR) is 58.0 cm³/mol. The van der Waals surface area contributed by atoms with E-state index in [0.29, 0.717) is 18.9 Å². The van der Waals surface area contributed by atoms with E-state index in [9.17, 15) is 4.79 Å². The molecule has 3 nitrogen and oxygen atoms in total. The van der Waals surface area contributed by atoms with Crippen LogP contribution in [0.15, 0.2) is 12.2 Å². The largest absolute Gasteiger partial charge is 0.352 e. The van der Waals surface area contributed by atoms with E-state index in [1.807, 2.05) is 6.92 Å². The molecule has 1 fully saturated rings. The zero-order valence-corrected chi connectivity index (χ0v) is 8.94. The van der Waals surface area contributed by atoms with Crippen LogP contribution in [-0.2, 0) is 4.79 Å². The van der Waals surface area contributed by atoms with Gasteiger partial charge in [0.15, 0.2) is 0 Å². The Kier molecular flexibility index (Phi) is 4.66. The van der Waals surface area contributed by atoms with Gasteiger partial charge in [0, 0.05) is 13.0 Å². The Morgan fingerprint density at radius 2 is 2.43 bits per heavy atom. The molecule has 0 aromatic rings. The highest BCUT2D eigenvalue weighted by Crippen LogP contribution is 2.13. The summed E-state index contributed by atoms with van der Waals surface area (Å²) < 4.78 is 0. The Morgan fingerprint density at radius 3 is 3.00 bits per heavy atom. The van der Waals surface area contributed by atoms with Crippen molar-refractivity contribution < 1.29 is 4.79 Å². The molecule has 1 rings (SSSR count). The lowest BCUT2D eigenvalue weighted by molar-refractivity contribution is -0.121. The van der Waals surface area contributed by atoms with Crippen molar-refractivity contribution in [2.75, 3.05) is 19.6 Å². The summed E-state index contributed by atoms with van der Waals surface area (Å²) in [6.45, 7) is 8.36. The zero-order chi connectivity index (χ0) is 10.4. The summed E-state index contributed by atoms with van der Waals surface area (Å²) in [5, 5.41) is 6.17. The third-order valence-electron chi connectivity index (χ3n) is 2.46. The maximum Gasteiger partial charge on any atom is 0.220 e. The Morgan fingerprint density at radius 1 is 1.64 bits per heavy atom. The molecule has 0 spiro atoms. The lowest BCUT2D eigenvalue weighted by atomic mass is 9.96. The molecule has 0 aliphatic carbocycles. The lowest BCUT2D eigenvalue weighted by Gasteiger charge is -2.22. The third-order valence-corrected chi connectivity index (χ3v) is 2.46. The van der Waals surface area contributed by atoms with Crippen LogP contribution in [0.2, 0.25) is 0 Å². The molecule has 0 radical (unpaired) electrons. The first-order valence-corrected chi connectivity index (χ1v) is 5.30. The molecule has 2 N–H and O–H groups in total. The van der Waals surface area contributed by atoms with Crippen LogP contribution in [0.1, 0.15) is 26.2 Å². The number of hydrogen-bond donors (Lipinski definition) is 2. The van der Waals surface area contributed by atoms with Crippen LogP contribution < -0.4 is 10.6 Å². The second-order valence-corrected chi connectivity index (χ2v) is 4.15. The van der Waals surface area contributed by atoms with Crippen LogP contribution in [-0.4, -0.2) is 25.5 Å². The number of carbonyl (C=O) groups is 1. The van der Waals surface area contributed by atoms with Gasteiger partial charge in [0.2, 0.25) is 5.91 Å². The second-order valence-electron chi connectivity index (χ2n) is 4.15. The molecule has 1 aliphatic heterocycles. The topological polar surface area (TPSA) is 41.1 Å². The monoisotopic (exact) mass is 196 g/mol. The van der Waals surface area contributed by atoms with Crippen molar-refractivity contribution in [2.45, 2.75) is 26.2 Å². The first kappa shape index (κ1) is 11.2. The summed E-state index contributed by atoms with van der Waals surface area (Å²) in [5.41, 5.74) is 1.00. The molecular formula is C11H20N2O. The molecule has 0 aromatic carbocycles. The van der Waals surface area contributed by atoms with Gasteiger partial charge < -0.3 is 10.6 Å². The molecule has 80 valence electrons. The van der Waals surface area contributed by atoms with Gasteiger partial charge in [-0.3, -0.25) is 4.79 Å². The van der Waals surface area contributed by atoms with Gasteiger partial charge in [-0.2, -0.15) is 0 Å². The fraction of sp³-hybridized carbons (Fsp3) is 0.727. The van der Waals surface area contributed by atoms with E-state index in [-0.39, 0.29) is 5.91 Å².